The lowest BCUT2D eigenvalue weighted by Gasteiger charge is -2.35. The van der Waals surface area contributed by atoms with Crippen LogP contribution in [0, 0.1) is 5.41 Å². The number of amides is 1. The van der Waals surface area contributed by atoms with Crippen LogP contribution >= 0.6 is 0 Å². The molecule has 1 rings (SSSR count). The van der Waals surface area contributed by atoms with Gasteiger partial charge in [0, 0.05) is 25.8 Å². The molecular weight excluding hydrogens is 246 g/mol. The molecule has 5 heteroatoms. The van der Waals surface area contributed by atoms with Gasteiger partial charge in [0.2, 0.25) is 0 Å². The van der Waals surface area contributed by atoms with Crippen molar-refractivity contribution >= 4 is 18.2 Å². The molecule has 1 N–H and O–H groups in total. The second-order valence-corrected chi connectivity index (χ2v) is 6.26. The second-order valence-electron chi connectivity index (χ2n) is 6.26. The summed E-state index contributed by atoms with van der Waals surface area (Å²) in [4.78, 5) is 33.7. The van der Waals surface area contributed by atoms with Crippen molar-refractivity contribution in [2.75, 3.05) is 6.54 Å². The van der Waals surface area contributed by atoms with Crippen molar-refractivity contribution in [2.45, 2.75) is 58.5 Å². The van der Waals surface area contributed by atoms with Gasteiger partial charge in [-0.25, -0.2) is 4.79 Å². The fraction of sp³-hybridized carbons (Fsp3) is 0.786. The van der Waals surface area contributed by atoms with Gasteiger partial charge in [-0.15, -0.1) is 0 Å². The lowest BCUT2D eigenvalue weighted by Crippen LogP contribution is -2.42. The van der Waals surface area contributed by atoms with Crippen LogP contribution in [0.1, 0.15) is 52.9 Å². The number of rotatable bonds is 4. The summed E-state index contributed by atoms with van der Waals surface area (Å²) in [7, 11) is 0. The first-order chi connectivity index (χ1) is 8.76. The van der Waals surface area contributed by atoms with E-state index in [4.69, 9.17) is 4.74 Å². The minimum Gasteiger partial charge on any atom is -0.444 e. The highest BCUT2D eigenvalue weighted by Crippen LogP contribution is 2.36. The van der Waals surface area contributed by atoms with Gasteiger partial charge >= 0.3 is 6.09 Å². The Morgan fingerprint density at radius 3 is 2.42 bits per heavy atom. The topological polar surface area (TPSA) is 72.5 Å². The summed E-state index contributed by atoms with van der Waals surface area (Å²) in [5, 5.41) is 2.72. The number of carbonyl (C=O) groups excluding carboxylic acids is 3. The molecule has 1 aliphatic rings. The molecule has 19 heavy (non-hydrogen) atoms. The number of aldehydes is 1. The summed E-state index contributed by atoms with van der Waals surface area (Å²) >= 11 is 0. The van der Waals surface area contributed by atoms with E-state index in [0.717, 1.165) is 6.29 Å². The molecule has 0 saturated heterocycles. The van der Waals surface area contributed by atoms with Gasteiger partial charge < -0.3 is 14.8 Å². The van der Waals surface area contributed by atoms with Gasteiger partial charge in [0.05, 0.1) is 0 Å². The van der Waals surface area contributed by atoms with Crippen LogP contribution in [-0.2, 0) is 14.3 Å². The van der Waals surface area contributed by atoms with Crippen LogP contribution in [0.5, 0.6) is 0 Å². The van der Waals surface area contributed by atoms with Crippen LogP contribution in [0.3, 0.4) is 0 Å². The van der Waals surface area contributed by atoms with Gasteiger partial charge in [-0.2, -0.15) is 0 Å². The average Bonchev–Trinajstić information content (AvgIpc) is 2.29. The molecule has 0 aliphatic heterocycles. The van der Waals surface area contributed by atoms with Crippen LogP contribution in [0.15, 0.2) is 0 Å². The number of carbonyl (C=O) groups is 3. The minimum absolute atomic E-state index is 0.235. The predicted molar refractivity (Wildman–Crippen MR) is 70.8 cm³/mol. The van der Waals surface area contributed by atoms with Crippen LogP contribution in [0.4, 0.5) is 4.79 Å². The zero-order valence-electron chi connectivity index (χ0n) is 12.0. The number of Topliss-reactive ketones (excluding diaryl/α,β-unsaturated/α-hetero) is 1. The Morgan fingerprint density at radius 2 is 1.95 bits per heavy atom. The Balaban J connectivity index is 2.52. The quantitative estimate of drug-likeness (QED) is 0.794. The number of ether oxygens (including phenoxy) is 1. The minimum atomic E-state index is -0.537. The number of hydrogen-bond donors (Lipinski definition) is 1. The average molecular weight is 269 g/mol. The molecule has 0 spiro atoms. The number of alkyl carbamates (subject to hydrolysis) is 1. The molecule has 0 heterocycles. The number of nitrogens with one attached hydrogen (secondary N) is 1. The van der Waals surface area contributed by atoms with Gasteiger partial charge in [-0.1, -0.05) is 0 Å². The fourth-order valence-electron chi connectivity index (χ4n) is 2.26. The largest absolute Gasteiger partial charge is 0.444 e. The smallest absolute Gasteiger partial charge is 0.407 e. The fourth-order valence-corrected chi connectivity index (χ4v) is 2.26. The van der Waals surface area contributed by atoms with Crippen LogP contribution < -0.4 is 5.32 Å². The maximum atomic E-state index is 11.6. The van der Waals surface area contributed by atoms with E-state index < -0.39 is 11.7 Å². The van der Waals surface area contributed by atoms with E-state index in [2.05, 4.69) is 5.32 Å². The molecule has 5 nitrogen and oxygen atoms in total. The normalized spacial score (nSPS) is 18.8. The number of hydrogen-bond acceptors (Lipinski definition) is 4. The van der Waals surface area contributed by atoms with Crippen molar-refractivity contribution in [2.24, 2.45) is 5.41 Å². The molecule has 0 aromatic carbocycles. The SMILES string of the molecule is CC(C)(C)OC(=O)NCC1(CC=O)CCC(=O)CC1. The Kier molecular flexibility index (Phi) is 5.09. The highest BCUT2D eigenvalue weighted by molar-refractivity contribution is 5.79. The van der Waals surface area contributed by atoms with E-state index in [1.807, 2.05) is 0 Å². The first-order valence-electron chi connectivity index (χ1n) is 6.69. The van der Waals surface area contributed by atoms with Crippen molar-refractivity contribution in [1.29, 1.82) is 0 Å². The van der Waals surface area contributed by atoms with Gasteiger partial charge in [-0.3, -0.25) is 4.79 Å². The van der Waals surface area contributed by atoms with E-state index in [-0.39, 0.29) is 11.2 Å². The molecular formula is C14H23NO4. The molecule has 108 valence electrons. The summed E-state index contributed by atoms with van der Waals surface area (Å²) in [6, 6.07) is 0. The van der Waals surface area contributed by atoms with Crippen LogP contribution in [0.2, 0.25) is 0 Å². The summed E-state index contributed by atoms with van der Waals surface area (Å²) in [5.41, 5.74) is -0.822. The Bertz CT molecular complexity index is 347. The molecule has 1 saturated carbocycles. The van der Waals surface area contributed by atoms with E-state index in [9.17, 15) is 14.4 Å². The Labute approximate surface area is 114 Å². The zero-order chi connectivity index (χ0) is 14.5. The third-order valence-electron chi connectivity index (χ3n) is 3.39. The van der Waals surface area contributed by atoms with E-state index in [1.165, 1.54) is 0 Å². The van der Waals surface area contributed by atoms with Crippen molar-refractivity contribution < 1.29 is 19.1 Å². The molecule has 0 atom stereocenters. The van der Waals surface area contributed by atoms with Gasteiger partial charge in [0.15, 0.2) is 0 Å². The number of ketones is 1. The second kappa shape index (κ2) is 6.17. The molecule has 0 unspecified atom stereocenters. The van der Waals surface area contributed by atoms with Crippen molar-refractivity contribution in [3.63, 3.8) is 0 Å². The maximum Gasteiger partial charge on any atom is 0.407 e. The summed E-state index contributed by atoms with van der Waals surface area (Å²) in [6.07, 6.45) is 3.05. The molecule has 1 fully saturated rings. The maximum absolute atomic E-state index is 11.6. The summed E-state index contributed by atoms with van der Waals surface area (Å²) < 4.78 is 5.17. The van der Waals surface area contributed by atoms with Gasteiger partial charge in [0.1, 0.15) is 17.7 Å². The highest BCUT2D eigenvalue weighted by Gasteiger charge is 2.35. The van der Waals surface area contributed by atoms with E-state index in [1.54, 1.807) is 20.8 Å². The van der Waals surface area contributed by atoms with Gasteiger partial charge in [-0.05, 0) is 39.0 Å². The van der Waals surface area contributed by atoms with Crippen molar-refractivity contribution in [3.05, 3.63) is 0 Å². The lowest BCUT2D eigenvalue weighted by molar-refractivity contribution is -0.123. The molecule has 1 aliphatic carbocycles. The zero-order valence-corrected chi connectivity index (χ0v) is 12.0. The highest BCUT2D eigenvalue weighted by atomic mass is 16.6. The standard InChI is InChI=1S/C14H23NO4/c1-13(2,3)19-12(18)15-10-14(8-9-16)6-4-11(17)5-7-14/h9H,4-8,10H2,1-3H3,(H,15,18). The van der Waals surface area contributed by atoms with Crippen molar-refractivity contribution in [1.82, 2.24) is 5.32 Å². The first kappa shape index (κ1) is 15.7. The molecule has 0 radical (unpaired) electrons. The van der Waals surface area contributed by atoms with Gasteiger partial charge in [0.25, 0.3) is 0 Å². The summed E-state index contributed by atoms with van der Waals surface area (Å²) in [5.74, 6) is 0.235. The third-order valence-corrected chi connectivity index (χ3v) is 3.39. The lowest BCUT2D eigenvalue weighted by atomic mass is 9.71. The molecule has 1 amide bonds. The monoisotopic (exact) mass is 269 g/mol. The van der Waals surface area contributed by atoms with Crippen LogP contribution in [0.25, 0.3) is 0 Å². The van der Waals surface area contributed by atoms with E-state index >= 15 is 0 Å². The first-order valence-corrected chi connectivity index (χ1v) is 6.69. The molecule has 0 aromatic rings. The predicted octanol–water partition coefficient (Wildman–Crippen LogP) is 2.23. The Hall–Kier alpha value is -1.39. The summed E-state index contributed by atoms with van der Waals surface area (Å²) in [6.45, 7) is 5.78. The van der Waals surface area contributed by atoms with Crippen molar-refractivity contribution in [3.8, 4) is 0 Å². The third kappa shape index (κ3) is 5.41. The molecule has 0 aromatic heterocycles. The van der Waals surface area contributed by atoms with Crippen LogP contribution in [-0.4, -0.2) is 30.3 Å². The molecule has 0 bridgehead atoms. The van der Waals surface area contributed by atoms with E-state index in [0.29, 0.717) is 38.6 Å². The Morgan fingerprint density at radius 1 is 1.37 bits per heavy atom.